The highest BCUT2D eigenvalue weighted by atomic mass is 79.9. The molecule has 3 aliphatic rings. The van der Waals surface area contributed by atoms with Crippen LogP contribution in [-0.4, -0.2) is 27.7 Å². The normalized spacial score (nSPS) is 21.5. The lowest BCUT2D eigenvalue weighted by atomic mass is 9.97. The number of para-hydroxylation sites is 1. The molecular weight excluding hydrogens is 454 g/mol. The number of anilines is 1. The van der Waals surface area contributed by atoms with Gasteiger partial charge in [-0.1, -0.05) is 52.0 Å². The van der Waals surface area contributed by atoms with Gasteiger partial charge >= 0.3 is 0 Å². The zero-order valence-corrected chi connectivity index (χ0v) is 17.4. The lowest BCUT2D eigenvalue weighted by molar-refractivity contribution is -0.127. The summed E-state index contributed by atoms with van der Waals surface area (Å²) < 4.78 is 0.800. The molecule has 5 rings (SSSR count). The van der Waals surface area contributed by atoms with Gasteiger partial charge in [-0.05, 0) is 24.3 Å². The van der Waals surface area contributed by atoms with Gasteiger partial charge in [0.2, 0.25) is 0 Å². The number of fused-ring (bicyclic) bond motifs is 5. The van der Waals surface area contributed by atoms with Crippen LogP contribution in [0.5, 0.6) is 0 Å². The highest BCUT2D eigenvalue weighted by Crippen LogP contribution is 2.46. The predicted molar refractivity (Wildman–Crippen MR) is 115 cm³/mol. The van der Waals surface area contributed by atoms with Crippen LogP contribution in [0.4, 0.5) is 5.69 Å². The van der Waals surface area contributed by atoms with E-state index in [1.54, 1.807) is 18.2 Å². The molecule has 9 heteroatoms. The van der Waals surface area contributed by atoms with E-state index in [2.05, 4.69) is 38.2 Å². The standard InChI is InChI=1S/C20H14BrN5O2S/c1-2-9-29-19-23-17(27)16-12-5-3-4-6-14(12)24-20(26(16)25-19)13-10-11(21)7-8-15(13)22-18(20)28/h2-8,10H,1,9H2,(H,22,28)(H,23,25,27). The largest absolute Gasteiger partial charge is 0.321 e. The maximum absolute atomic E-state index is 13.3. The van der Waals surface area contributed by atoms with Crippen molar-refractivity contribution in [3.63, 3.8) is 0 Å². The highest BCUT2D eigenvalue weighted by molar-refractivity contribution is 9.10. The molecule has 2 amide bonds. The summed E-state index contributed by atoms with van der Waals surface area (Å²) in [5.74, 6) is -0.120. The molecule has 144 valence electrons. The smallest absolute Gasteiger partial charge is 0.279 e. The monoisotopic (exact) mass is 467 g/mol. The van der Waals surface area contributed by atoms with Gasteiger partial charge in [-0.25, -0.2) is 10.0 Å². The minimum atomic E-state index is -1.50. The molecule has 7 nitrogen and oxygen atoms in total. The predicted octanol–water partition coefficient (Wildman–Crippen LogP) is 1.62. The lowest BCUT2D eigenvalue weighted by Gasteiger charge is -2.39. The van der Waals surface area contributed by atoms with Gasteiger partial charge in [0.1, 0.15) is 5.70 Å². The molecule has 2 aromatic carbocycles. The van der Waals surface area contributed by atoms with Gasteiger partial charge < -0.3 is 5.32 Å². The van der Waals surface area contributed by atoms with Crippen molar-refractivity contribution < 1.29 is 9.59 Å². The Bertz CT molecular complexity index is 1260. The fourth-order valence-corrected chi connectivity index (χ4v) is 4.59. The number of thioether (sulfide) groups is 1. The second-order valence-corrected chi connectivity index (χ2v) is 8.49. The number of amides is 2. The maximum atomic E-state index is 13.3. The average Bonchev–Trinajstić information content (AvgIpc) is 2.98. The zero-order chi connectivity index (χ0) is 20.2. The number of carbonyl (C=O) groups is 2. The number of hydrogen-bond acceptors (Lipinski definition) is 6. The summed E-state index contributed by atoms with van der Waals surface area (Å²) in [4.78, 5) is 31.2. The first-order chi connectivity index (χ1) is 14.0. The topological polar surface area (TPSA) is 86.2 Å². The minimum Gasteiger partial charge on any atom is -0.321 e. The Morgan fingerprint density at radius 1 is 1.21 bits per heavy atom. The summed E-state index contributed by atoms with van der Waals surface area (Å²) in [5, 5.41) is 13.4. The molecule has 3 heterocycles. The van der Waals surface area contributed by atoms with Crippen molar-refractivity contribution in [3.8, 4) is 0 Å². The molecule has 0 bridgehead atoms. The number of hydrazone groups is 1. The van der Waals surface area contributed by atoms with E-state index in [9.17, 15) is 9.59 Å². The van der Waals surface area contributed by atoms with Crippen molar-refractivity contribution in [3.05, 3.63) is 75.7 Å². The summed E-state index contributed by atoms with van der Waals surface area (Å²) in [6.45, 7) is 3.70. The quantitative estimate of drug-likeness (QED) is 0.657. The van der Waals surface area contributed by atoms with Gasteiger partial charge in [-0.15, -0.1) is 11.7 Å². The first-order valence-corrected chi connectivity index (χ1v) is 10.6. The Kier molecular flexibility index (Phi) is 4.11. The maximum Gasteiger partial charge on any atom is 0.279 e. The van der Waals surface area contributed by atoms with Crippen LogP contribution in [0.3, 0.4) is 0 Å². The molecule has 1 unspecified atom stereocenters. The Hall–Kier alpha value is -2.91. The van der Waals surface area contributed by atoms with E-state index in [-0.39, 0.29) is 11.8 Å². The molecule has 0 fully saturated rings. The number of carbonyl (C=O) groups excluding carboxylic acids is 2. The van der Waals surface area contributed by atoms with Crippen LogP contribution in [0.15, 0.2) is 69.7 Å². The van der Waals surface area contributed by atoms with Crippen LogP contribution in [-0.2, 0) is 15.3 Å². The molecule has 0 radical (unpaired) electrons. The average molecular weight is 468 g/mol. The van der Waals surface area contributed by atoms with Crippen molar-refractivity contribution in [1.29, 1.82) is 0 Å². The third-order valence-electron chi connectivity index (χ3n) is 4.85. The Balaban J connectivity index is 1.85. The third kappa shape index (κ3) is 2.57. The second-order valence-electron chi connectivity index (χ2n) is 6.56. The van der Waals surface area contributed by atoms with Gasteiger partial charge in [0, 0.05) is 26.7 Å². The first kappa shape index (κ1) is 18.1. The highest BCUT2D eigenvalue weighted by Gasteiger charge is 2.56. The van der Waals surface area contributed by atoms with Crippen LogP contribution in [0.25, 0.3) is 5.70 Å². The number of nitrogens with zero attached hydrogens (tertiary/aromatic N) is 3. The Labute approximate surface area is 178 Å². The van der Waals surface area contributed by atoms with Gasteiger partial charge in [0.15, 0.2) is 5.17 Å². The molecule has 0 saturated heterocycles. The third-order valence-corrected chi connectivity index (χ3v) is 6.20. The van der Waals surface area contributed by atoms with Gasteiger partial charge in [0.05, 0.1) is 5.36 Å². The molecule has 1 spiro atoms. The van der Waals surface area contributed by atoms with Crippen LogP contribution in [0.1, 0.15) is 5.56 Å². The van der Waals surface area contributed by atoms with Gasteiger partial charge in [0.25, 0.3) is 17.5 Å². The molecule has 2 N–H and O–H groups in total. The van der Waals surface area contributed by atoms with E-state index in [1.165, 1.54) is 16.8 Å². The molecule has 0 aromatic heterocycles. The van der Waals surface area contributed by atoms with Crippen molar-refractivity contribution in [1.82, 2.24) is 10.3 Å². The van der Waals surface area contributed by atoms with E-state index >= 15 is 0 Å². The van der Waals surface area contributed by atoms with Crippen molar-refractivity contribution in [2.24, 2.45) is 10.1 Å². The molecule has 0 saturated carbocycles. The van der Waals surface area contributed by atoms with Crippen LogP contribution < -0.4 is 21.2 Å². The number of halogens is 1. The number of hydrogen-bond donors (Lipinski definition) is 2. The van der Waals surface area contributed by atoms with Gasteiger partial charge in [-0.3, -0.25) is 14.9 Å². The van der Waals surface area contributed by atoms with Crippen LogP contribution >= 0.6 is 27.7 Å². The summed E-state index contributed by atoms with van der Waals surface area (Å²) >= 11 is 4.80. The van der Waals surface area contributed by atoms with E-state index in [0.29, 0.717) is 38.4 Å². The van der Waals surface area contributed by atoms with E-state index in [4.69, 9.17) is 4.99 Å². The minimum absolute atomic E-state index is 0.293. The molecule has 0 aliphatic carbocycles. The number of amidine groups is 1. The molecule has 3 aliphatic heterocycles. The second kappa shape index (κ2) is 6.57. The summed E-state index contributed by atoms with van der Waals surface area (Å²) in [7, 11) is 0. The zero-order valence-electron chi connectivity index (χ0n) is 15.0. The number of rotatable bonds is 2. The Morgan fingerprint density at radius 3 is 2.86 bits per heavy atom. The summed E-state index contributed by atoms with van der Waals surface area (Å²) in [5.41, 5.74) is 0.0691. The van der Waals surface area contributed by atoms with E-state index in [0.717, 1.165) is 4.47 Å². The van der Waals surface area contributed by atoms with Gasteiger partial charge in [-0.2, -0.15) is 0 Å². The number of nitrogens with one attached hydrogen (secondary N) is 2. The number of benzene rings is 2. The van der Waals surface area contributed by atoms with Crippen molar-refractivity contribution in [2.75, 3.05) is 11.1 Å². The SMILES string of the molecule is C=CCSC1=NN2C(=c3ccccc3=NC23C(=O)Nc2ccc(Br)cc23)C(=O)N1. The first-order valence-electron chi connectivity index (χ1n) is 8.79. The van der Waals surface area contributed by atoms with Crippen molar-refractivity contribution in [2.45, 2.75) is 5.66 Å². The van der Waals surface area contributed by atoms with Crippen molar-refractivity contribution >= 4 is 56.1 Å². The van der Waals surface area contributed by atoms with Crippen LogP contribution in [0, 0.1) is 0 Å². The van der Waals surface area contributed by atoms with E-state index < -0.39 is 5.66 Å². The summed E-state index contributed by atoms with van der Waals surface area (Å²) in [6.07, 6.45) is 1.72. The lowest BCUT2D eigenvalue weighted by Crippen LogP contribution is -2.59. The van der Waals surface area contributed by atoms with Crippen LogP contribution in [0.2, 0.25) is 0 Å². The molecular formula is C20H14BrN5O2S. The Morgan fingerprint density at radius 2 is 2.03 bits per heavy atom. The fraction of sp³-hybridized carbons (Fsp3) is 0.100. The fourth-order valence-electron chi connectivity index (χ4n) is 3.65. The molecule has 2 aromatic rings. The summed E-state index contributed by atoms with van der Waals surface area (Å²) in [6, 6.07) is 12.7. The molecule has 29 heavy (non-hydrogen) atoms. The molecule has 1 atom stereocenters. The van der Waals surface area contributed by atoms with E-state index in [1.807, 2.05) is 30.3 Å².